The number of aliphatic hydroxyl groups excluding tert-OH is 1. The lowest BCUT2D eigenvalue weighted by atomic mass is 10.0. The summed E-state index contributed by atoms with van der Waals surface area (Å²) in [5.74, 6) is 2.05. The number of halogens is 1. The first-order chi connectivity index (χ1) is 15.6. The molecule has 0 aliphatic heterocycles. The van der Waals surface area contributed by atoms with Gasteiger partial charge in [0.05, 0.1) is 11.6 Å². The van der Waals surface area contributed by atoms with Gasteiger partial charge in [-0.3, -0.25) is 4.79 Å². The molecule has 0 saturated heterocycles. The van der Waals surface area contributed by atoms with E-state index in [4.69, 9.17) is 11.6 Å². The first-order valence-electron chi connectivity index (χ1n) is 10.8. The molecule has 0 aliphatic rings. The molecule has 3 aromatic rings. The van der Waals surface area contributed by atoms with Crippen molar-refractivity contribution in [3.8, 4) is 5.75 Å². The number of aromatic amines is 1. The Labute approximate surface area is 197 Å². The molecule has 0 radical (unpaired) electrons. The third kappa shape index (κ3) is 7.25. The zero-order chi connectivity index (χ0) is 22.8. The third-order valence-electron chi connectivity index (χ3n) is 5.20. The number of aromatic nitrogens is 1. The second kappa shape index (κ2) is 12.9. The van der Waals surface area contributed by atoms with E-state index in [2.05, 4.69) is 21.7 Å². The van der Waals surface area contributed by atoms with E-state index in [9.17, 15) is 15.0 Å². The monoisotopic (exact) mass is 475 g/mol. The number of thioether (sulfide) groups is 1. The smallest absolute Gasteiger partial charge is 0.248 e. The van der Waals surface area contributed by atoms with E-state index >= 15 is 0 Å². The number of hydrogen-bond donors (Lipinski definition) is 5. The van der Waals surface area contributed by atoms with Gasteiger partial charge in [0.15, 0.2) is 0 Å². The zero-order valence-electron chi connectivity index (χ0n) is 17.9. The van der Waals surface area contributed by atoms with Crippen molar-refractivity contribution in [2.24, 2.45) is 0 Å². The second-order valence-electron chi connectivity index (χ2n) is 7.56. The molecule has 1 atom stereocenters. The van der Waals surface area contributed by atoms with Crippen LogP contribution in [0, 0.1) is 0 Å². The maximum Gasteiger partial charge on any atom is 0.248 e. The lowest BCUT2D eigenvalue weighted by Gasteiger charge is -2.15. The highest BCUT2D eigenvalue weighted by Gasteiger charge is 2.13. The van der Waals surface area contributed by atoms with E-state index in [0.717, 1.165) is 49.0 Å². The van der Waals surface area contributed by atoms with E-state index in [0.29, 0.717) is 23.0 Å². The molecule has 1 unspecified atom stereocenters. The summed E-state index contributed by atoms with van der Waals surface area (Å²) < 4.78 is 0. The molecular formula is C24H30ClN3O3S. The van der Waals surface area contributed by atoms with Crippen LogP contribution in [0.25, 0.3) is 10.9 Å². The predicted molar refractivity (Wildman–Crippen MR) is 134 cm³/mol. The van der Waals surface area contributed by atoms with Crippen LogP contribution in [0.3, 0.4) is 0 Å². The van der Waals surface area contributed by atoms with Crippen LogP contribution in [-0.4, -0.2) is 52.9 Å². The van der Waals surface area contributed by atoms with Gasteiger partial charge in [-0.2, -0.15) is 11.8 Å². The van der Waals surface area contributed by atoms with Gasteiger partial charge in [-0.05, 0) is 61.0 Å². The minimum absolute atomic E-state index is 0.00337. The number of benzene rings is 2. The molecule has 1 heterocycles. The third-order valence-corrected chi connectivity index (χ3v) is 6.64. The quantitative estimate of drug-likeness (QED) is 0.243. The first-order valence-corrected chi connectivity index (χ1v) is 12.3. The van der Waals surface area contributed by atoms with Crippen LogP contribution in [0.4, 0.5) is 0 Å². The average Bonchev–Trinajstić information content (AvgIpc) is 2.79. The first kappa shape index (κ1) is 24.6. The SMILES string of the molecule is O=c1ccc2c(C(O)CNCCSCCCNCCc3ccccc3Cl)ccc(O)c2[nH]1. The number of nitrogens with one attached hydrogen (secondary N) is 3. The van der Waals surface area contributed by atoms with Crippen molar-refractivity contribution in [3.63, 3.8) is 0 Å². The summed E-state index contributed by atoms with van der Waals surface area (Å²) >= 11 is 8.05. The van der Waals surface area contributed by atoms with Gasteiger partial charge in [-0.15, -0.1) is 0 Å². The number of hydrogen-bond acceptors (Lipinski definition) is 6. The minimum atomic E-state index is -0.726. The molecule has 0 bridgehead atoms. The van der Waals surface area contributed by atoms with Gasteiger partial charge in [0.25, 0.3) is 0 Å². The molecule has 3 rings (SSSR count). The number of pyridine rings is 1. The van der Waals surface area contributed by atoms with Gasteiger partial charge >= 0.3 is 0 Å². The van der Waals surface area contributed by atoms with E-state index in [-0.39, 0.29) is 11.3 Å². The van der Waals surface area contributed by atoms with Crippen molar-refractivity contribution in [1.29, 1.82) is 0 Å². The Balaban J connectivity index is 1.26. The summed E-state index contributed by atoms with van der Waals surface area (Å²) in [6, 6.07) is 14.2. The van der Waals surface area contributed by atoms with Crippen LogP contribution >= 0.6 is 23.4 Å². The lowest BCUT2D eigenvalue weighted by molar-refractivity contribution is 0.177. The van der Waals surface area contributed by atoms with Gasteiger partial charge in [-0.25, -0.2) is 0 Å². The maximum atomic E-state index is 11.5. The van der Waals surface area contributed by atoms with Crippen LogP contribution in [0.1, 0.15) is 23.7 Å². The highest BCUT2D eigenvalue weighted by atomic mass is 35.5. The molecule has 0 fully saturated rings. The Morgan fingerprint density at radius 1 is 1.00 bits per heavy atom. The topological polar surface area (TPSA) is 97.4 Å². The van der Waals surface area contributed by atoms with Crippen molar-refractivity contribution in [3.05, 3.63) is 75.0 Å². The van der Waals surface area contributed by atoms with E-state index < -0.39 is 6.10 Å². The number of aromatic hydroxyl groups is 1. The predicted octanol–water partition coefficient (Wildman–Crippen LogP) is 3.47. The fourth-order valence-corrected chi connectivity index (χ4v) is 4.56. The van der Waals surface area contributed by atoms with Crippen molar-refractivity contribution >= 4 is 34.3 Å². The van der Waals surface area contributed by atoms with Crippen LogP contribution in [0.15, 0.2) is 53.3 Å². The average molecular weight is 476 g/mol. The molecule has 0 aliphatic carbocycles. The van der Waals surface area contributed by atoms with Crippen molar-refractivity contribution in [2.75, 3.05) is 37.7 Å². The normalized spacial score (nSPS) is 12.3. The number of rotatable bonds is 13. The molecule has 172 valence electrons. The Hall–Kier alpha value is -2.03. The molecule has 1 aromatic heterocycles. The molecule has 5 N–H and O–H groups in total. The minimum Gasteiger partial charge on any atom is -0.506 e. The number of fused-ring (bicyclic) bond motifs is 1. The van der Waals surface area contributed by atoms with Gasteiger partial charge in [0, 0.05) is 35.3 Å². The molecule has 0 spiro atoms. The van der Waals surface area contributed by atoms with Gasteiger partial charge in [0.2, 0.25) is 5.56 Å². The molecule has 6 nitrogen and oxygen atoms in total. The van der Waals surface area contributed by atoms with Gasteiger partial charge in [-0.1, -0.05) is 35.9 Å². The van der Waals surface area contributed by atoms with Crippen molar-refractivity contribution in [2.45, 2.75) is 18.9 Å². The summed E-state index contributed by atoms with van der Waals surface area (Å²) in [7, 11) is 0. The largest absolute Gasteiger partial charge is 0.506 e. The molecule has 0 saturated carbocycles. The Morgan fingerprint density at radius 2 is 1.84 bits per heavy atom. The summed E-state index contributed by atoms with van der Waals surface area (Å²) in [6.07, 6.45) is 1.32. The van der Waals surface area contributed by atoms with Crippen LogP contribution in [0.5, 0.6) is 5.75 Å². The summed E-state index contributed by atoms with van der Waals surface area (Å²) in [5.41, 5.74) is 1.92. The Bertz CT molecular complexity index is 1060. The number of aliphatic hydroxyl groups is 1. The fraction of sp³-hybridized carbons (Fsp3) is 0.375. The van der Waals surface area contributed by atoms with Crippen molar-refractivity contribution in [1.82, 2.24) is 15.6 Å². The number of phenols is 1. The van der Waals surface area contributed by atoms with Crippen molar-refractivity contribution < 1.29 is 10.2 Å². The molecule has 0 amide bonds. The summed E-state index contributed by atoms with van der Waals surface area (Å²) in [5, 5.41) is 28.7. The Morgan fingerprint density at radius 3 is 2.69 bits per heavy atom. The molecule has 2 aromatic carbocycles. The molecular weight excluding hydrogens is 446 g/mol. The zero-order valence-corrected chi connectivity index (χ0v) is 19.5. The summed E-state index contributed by atoms with van der Waals surface area (Å²) in [4.78, 5) is 14.1. The highest BCUT2D eigenvalue weighted by molar-refractivity contribution is 7.99. The lowest BCUT2D eigenvalue weighted by Crippen LogP contribution is -2.24. The fourth-order valence-electron chi connectivity index (χ4n) is 3.49. The molecule has 8 heteroatoms. The molecule has 32 heavy (non-hydrogen) atoms. The Kier molecular flexibility index (Phi) is 9.89. The standard InChI is InChI=1S/C24H30ClN3O3S/c25-20-5-2-1-4-17(20)10-12-26-11-3-14-32-15-13-27-16-22(30)18-6-8-21(29)24-19(18)7-9-23(31)28-24/h1-2,4-9,22,26-27,29-30H,3,10-16H2,(H,28,31). The van der Waals surface area contributed by atoms with E-state index in [1.54, 1.807) is 12.1 Å². The summed E-state index contributed by atoms with van der Waals surface area (Å²) in [6.45, 7) is 3.12. The van der Waals surface area contributed by atoms with E-state index in [1.165, 1.54) is 17.7 Å². The van der Waals surface area contributed by atoms with Crippen LogP contribution < -0.4 is 16.2 Å². The van der Waals surface area contributed by atoms with Gasteiger partial charge < -0.3 is 25.8 Å². The number of H-pyrrole nitrogens is 1. The van der Waals surface area contributed by atoms with Gasteiger partial charge in [0.1, 0.15) is 5.75 Å². The highest BCUT2D eigenvalue weighted by Crippen LogP contribution is 2.28. The maximum absolute atomic E-state index is 11.5. The van der Waals surface area contributed by atoms with Crippen LogP contribution in [0.2, 0.25) is 5.02 Å². The second-order valence-corrected chi connectivity index (χ2v) is 9.19. The van der Waals surface area contributed by atoms with Crippen LogP contribution in [-0.2, 0) is 6.42 Å². The number of phenolic OH excluding ortho intramolecular Hbond substituents is 1. The van der Waals surface area contributed by atoms with E-state index in [1.807, 2.05) is 30.0 Å².